The van der Waals surface area contributed by atoms with Gasteiger partial charge in [-0.15, -0.1) is 0 Å². The van der Waals surface area contributed by atoms with Crippen molar-refractivity contribution >= 4 is 11.5 Å². The van der Waals surface area contributed by atoms with Crippen molar-refractivity contribution < 1.29 is 0 Å². The first-order valence-corrected chi connectivity index (χ1v) is 6.73. The summed E-state index contributed by atoms with van der Waals surface area (Å²) in [5, 5.41) is 3.21. The number of nitrogens with one attached hydrogen (secondary N) is 2. The zero-order valence-corrected chi connectivity index (χ0v) is 11.7. The molecule has 1 fully saturated rings. The van der Waals surface area contributed by atoms with Crippen LogP contribution in [0.2, 0.25) is 0 Å². The Morgan fingerprint density at radius 3 is 2.68 bits per heavy atom. The largest absolute Gasteiger partial charge is 0.383 e. The summed E-state index contributed by atoms with van der Waals surface area (Å²) >= 11 is 0. The number of aromatic amines is 1. The molecule has 0 spiro atoms. The first-order chi connectivity index (χ1) is 8.84. The van der Waals surface area contributed by atoms with E-state index in [9.17, 15) is 9.59 Å². The van der Waals surface area contributed by atoms with Crippen LogP contribution in [-0.2, 0) is 6.54 Å². The summed E-state index contributed by atoms with van der Waals surface area (Å²) in [5.41, 5.74) is 5.65. The van der Waals surface area contributed by atoms with Crippen LogP contribution >= 0.6 is 0 Å². The second-order valence-electron chi connectivity index (χ2n) is 6.01. The Labute approximate surface area is 112 Å². The molecule has 1 heterocycles. The number of hydrogen-bond donors (Lipinski definition) is 3. The van der Waals surface area contributed by atoms with Crippen LogP contribution < -0.4 is 22.3 Å². The number of anilines is 2. The number of nitrogens with zero attached hydrogens (tertiary/aromatic N) is 1. The molecule has 1 aliphatic carbocycles. The molecular weight excluding hydrogens is 244 g/mol. The van der Waals surface area contributed by atoms with Gasteiger partial charge < -0.3 is 11.1 Å². The van der Waals surface area contributed by atoms with Crippen molar-refractivity contribution in [2.75, 3.05) is 11.1 Å². The van der Waals surface area contributed by atoms with E-state index in [0.717, 1.165) is 19.3 Å². The quantitative estimate of drug-likeness (QED) is 0.764. The van der Waals surface area contributed by atoms with Crippen LogP contribution in [0.3, 0.4) is 0 Å². The van der Waals surface area contributed by atoms with Crippen LogP contribution in [0.4, 0.5) is 11.5 Å². The number of aromatic nitrogens is 2. The molecule has 0 radical (unpaired) electrons. The van der Waals surface area contributed by atoms with Crippen LogP contribution in [0.1, 0.15) is 40.0 Å². The molecule has 4 N–H and O–H groups in total. The third-order valence-electron chi connectivity index (χ3n) is 3.87. The minimum atomic E-state index is -0.456. The Morgan fingerprint density at radius 2 is 2.16 bits per heavy atom. The molecule has 1 aromatic heterocycles. The molecule has 0 saturated heterocycles. The molecule has 0 aliphatic heterocycles. The van der Waals surface area contributed by atoms with Crippen molar-refractivity contribution in [3.63, 3.8) is 0 Å². The second kappa shape index (κ2) is 4.75. The van der Waals surface area contributed by atoms with Crippen molar-refractivity contribution in [2.45, 2.75) is 52.6 Å². The maximum Gasteiger partial charge on any atom is 0.330 e. The van der Waals surface area contributed by atoms with E-state index in [-0.39, 0.29) is 11.9 Å². The second-order valence-corrected chi connectivity index (χ2v) is 6.01. The average molecular weight is 266 g/mol. The molecular formula is C13H22N4O2. The van der Waals surface area contributed by atoms with Gasteiger partial charge in [-0.05, 0) is 31.6 Å². The van der Waals surface area contributed by atoms with Gasteiger partial charge in [0.1, 0.15) is 11.5 Å². The lowest BCUT2D eigenvalue weighted by molar-refractivity contribution is 0.378. The molecule has 0 bridgehead atoms. The monoisotopic (exact) mass is 266 g/mol. The minimum absolute atomic E-state index is 0.223. The van der Waals surface area contributed by atoms with Gasteiger partial charge in [-0.25, -0.2) is 4.79 Å². The van der Waals surface area contributed by atoms with E-state index >= 15 is 0 Å². The molecule has 1 saturated carbocycles. The Kier molecular flexibility index (Phi) is 3.43. The fourth-order valence-electron chi connectivity index (χ4n) is 2.80. The third-order valence-corrected chi connectivity index (χ3v) is 3.87. The average Bonchev–Trinajstić information content (AvgIpc) is 2.64. The Balaban J connectivity index is 2.31. The normalized spacial score (nSPS) is 21.5. The van der Waals surface area contributed by atoms with Gasteiger partial charge in [-0.2, -0.15) is 0 Å². The van der Waals surface area contributed by atoms with Crippen molar-refractivity contribution in [1.82, 2.24) is 9.55 Å². The standard InChI is InChI=1S/C13H22N4O2/c1-4-17-10(14)9(11(18)16-12(17)19)15-8-5-6-13(2,3)7-8/h8,15H,4-7,14H2,1-3H3,(H,16,18,19). The smallest absolute Gasteiger partial charge is 0.330 e. The van der Waals surface area contributed by atoms with E-state index in [1.54, 1.807) is 0 Å². The summed E-state index contributed by atoms with van der Waals surface area (Å²) in [4.78, 5) is 25.8. The summed E-state index contributed by atoms with van der Waals surface area (Å²) in [5.74, 6) is 0.223. The third kappa shape index (κ3) is 2.67. The highest BCUT2D eigenvalue weighted by Gasteiger charge is 2.31. The van der Waals surface area contributed by atoms with Crippen LogP contribution in [0, 0.1) is 5.41 Å². The number of hydrogen-bond acceptors (Lipinski definition) is 4. The van der Waals surface area contributed by atoms with Crippen LogP contribution in [0.15, 0.2) is 9.59 Å². The predicted octanol–water partition coefficient (Wildman–Crippen LogP) is 1.13. The van der Waals surface area contributed by atoms with Gasteiger partial charge in [0, 0.05) is 12.6 Å². The maximum absolute atomic E-state index is 11.9. The zero-order chi connectivity index (χ0) is 14.2. The molecule has 6 heteroatoms. The first-order valence-electron chi connectivity index (χ1n) is 6.73. The van der Waals surface area contributed by atoms with Gasteiger partial charge in [-0.1, -0.05) is 13.8 Å². The SMILES string of the molecule is CCn1c(N)c(NC2CCC(C)(C)C2)c(=O)[nH]c1=O. The number of rotatable bonds is 3. The van der Waals surface area contributed by atoms with Crippen molar-refractivity contribution in [2.24, 2.45) is 5.41 Å². The van der Waals surface area contributed by atoms with Gasteiger partial charge in [0.15, 0.2) is 0 Å². The molecule has 0 aromatic carbocycles. The molecule has 19 heavy (non-hydrogen) atoms. The Hall–Kier alpha value is -1.72. The van der Waals surface area contributed by atoms with Gasteiger partial charge in [0.2, 0.25) is 0 Å². The molecule has 1 aromatic rings. The summed E-state index contributed by atoms with van der Waals surface area (Å²) < 4.78 is 1.36. The van der Waals surface area contributed by atoms with E-state index in [1.807, 2.05) is 6.92 Å². The van der Waals surface area contributed by atoms with Gasteiger partial charge in [-0.3, -0.25) is 14.3 Å². The van der Waals surface area contributed by atoms with E-state index in [2.05, 4.69) is 24.1 Å². The van der Waals surface area contributed by atoms with Crippen LogP contribution in [0.25, 0.3) is 0 Å². The van der Waals surface area contributed by atoms with E-state index in [4.69, 9.17) is 5.73 Å². The summed E-state index contributed by atoms with van der Waals surface area (Å²) in [6.45, 7) is 6.69. The predicted molar refractivity (Wildman–Crippen MR) is 76.5 cm³/mol. The summed E-state index contributed by atoms with van der Waals surface area (Å²) in [6, 6.07) is 0.237. The van der Waals surface area contributed by atoms with Crippen molar-refractivity contribution in [3.8, 4) is 0 Å². The Bertz CT molecular complexity index is 585. The molecule has 0 amide bonds. The molecule has 1 unspecified atom stereocenters. The van der Waals surface area contributed by atoms with Crippen LogP contribution in [-0.4, -0.2) is 15.6 Å². The molecule has 1 atom stereocenters. The van der Waals surface area contributed by atoms with Crippen molar-refractivity contribution in [1.29, 1.82) is 0 Å². The number of nitrogen functional groups attached to an aromatic ring is 1. The number of H-pyrrole nitrogens is 1. The minimum Gasteiger partial charge on any atom is -0.383 e. The van der Waals surface area contributed by atoms with E-state index < -0.39 is 11.2 Å². The lowest BCUT2D eigenvalue weighted by Crippen LogP contribution is -2.35. The molecule has 1 aliphatic rings. The summed E-state index contributed by atoms with van der Waals surface area (Å²) in [7, 11) is 0. The number of nitrogens with two attached hydrogens (primary N) is 1. The van der Waals surface area contributed by atoms with Gasteiger partial charge in [0.25, 0.3) is 5.56 Å². The van der Waals surface area contributed by atoms with Crippen molar-refractivity contribution in [3.05, 3.63) is 20.8 Å². The Morgan fingerprint density at radius 1 is 1.47 bits per heavy atom. The van der Waals surface area contributed by atoms with Gasteiger partial charge >= 0.3 is 5.69 Å². The van der Waals surface area contributed by atoms with Crippen LogP contribution in [0.5, 0.6) is 0 Å². The molecule has 6 nitrogen and oxygen atoms in total. The highest BCUT2D eigenvalue weighted by Crippen LogP contribution is 2.38. The molecule has 2 rings (SSSR count). The lowest BCUT2D eigenvalue weighted by Gasteiger charge is -2.19. The zero-order valence-electron chi connectivity index (χ0n) is 11.7. The first kappa shape index (κ1) is 13.7. The highest BCUT2D eigenvalue weighted by atomic mass is 16.2. The fourth-order valence-corrected chi connectivity index (χ4v) is 2.80. The highest BCUT2D eigenvalue weighted by molar-refractivity contribution is 5.61. The van der Waals surface area contributed by atoms with Gasteiger partial charge in [0.05, 0.1) is 0 Å². The lowest BCUT2D eigenvalue weighted by atomic mass is 9.92. The molecule has 106 valence electrons. The maximum atomic E-state index is 11.9. The summed E-state index contributed by atoms with van der Waals surface area (Å²) in [6.07, 6.45) is 3.13. The fraction of sp³-hybridized carbons (Fsp3) is 0.692. The van der Waals surface area contributed by atoms with E-state index in [0.29, 0.717) is 17.6 Å². The topological polar surface area (TPSA) is 92.9 Å². The van der Waals surface area contributed by atoms with E-state index in [1.165, 1.54) is 4.57 Å².